The Morgan fingerprint density at radius 2 is 2.00 bits per heavy atom. The molecule has 1 aliphatic heterocycles. The molecule has 29 heavy (non-hydrogen) atoms. The highest BCUT2D eigenvalue weighted by Crippen LogP contribution is 2.20. The molecule has 1 aliphatic rings. The Morgan fingerprint density at radius 3 is 2.72 bits per heavy atom. The van der Waals surface area contributed by atoms with E-state index in [1.807, 2.05) is 13.0 Å². The lowest BCUT2D eigenvalue weighted by Crippen LogP contribution is -2.44. The molecule has 6 heteroatoms. The van der Waals surface area contributed by atoms with Gasteiger partial charge in [-0.25, -0.2) is 9.38 Å². The first-order valence-electron chi connectivity index (χ1n) is 10.3. The van der Waals surface area contributed by atoms with Gasteiger partial charge in [0.2, 0.25) is 0 Å². The van der Waals surface area contributed by atoms with Crippen LogP contribution in [0.4, 0.5) is 4.39 Å². The Labute approximate surface area is 172 Å². The van der Waals surface area contributed by atoms with Gasteiger partial charge in [-0.2, -0.15) is 0 Å². The Hall–Kier alpha value is -2.44. The van der Waals surface area contributed by atoms with Crippen LogP contribution in [-0.4, -0.2) is 41.1 Å². The lowest BCUT2D eigenvalue weighted by Gasteiger charge is -2.21. The largest absolute Gasteiger partial charge is 0.392 e. The number of aliphatic hydroxyl groups excluding tert-OH is 1. The Kier molecular flexibility index (Phi) is 7.61. The zero-order valence-electron chi connectivity index (χ0n) is 17.2. The number of hydrogen-bond donors (Lipinski definition) is 3. The van der Waals surface area contributed by atoms with Crippen LogP contribution < -0.4 is 10.6 Å². The molecule has 0 radical (unpaired) electrons. The second-order valence-corrected chi connectivity index (χ2v) is 7.62. The molecule has 0 aliphatic carbocycles. The van der Waals surface area contributed by atoms with Crippen molar-refractivity contribution < 1.29 is 9.50 Å². The summed E-state index contributed by atoms with van der Waals surface area (Å²) in [5.74, 6) is 0.379. The topological polar surface area (TPSA) is 59.9 Å². The fraction of sp³-hybridized carbons (Fsp3) is 0.435. The van der Waals surface area contributed by atoms with Crippen LogP contribution in [-0.2, 0) is 19.7 Å². The second-order valence-electron chi connectivity index (χ2n) is 7.62. The molecule has 2 unspecified atom stereocenters. The lowest BCUT2D eigenvalue weighted by atomic mass is 10.1. The van der Waals surface area contributed by atoms with Gasteiger partial charge in [-0.15, -0.1) is 0 Å². The van der Waals surface area contributed by atoms with Gasteiger partial charge in [0.05, 0.1) is 13.2 Å². The molecule has 1 fully saturated rings. The maximum absolute atomic E-state index is 13.6. The monoisotopic (exact) mass is 398 g/mol. The predicted octanol–water partition coefficient (Wildman–Crippen LogP) is 3.04. The smallest absolute Gasteiger partial charge is 0.191 e. The molecule has 2 aromatic carbocycles. The van der Waals surface area contributed by atoms with Gasteiger partial charge in [0.1, 0.15) is 5.82 Å². The fourth-order valence-corrected chi connectivity index (χ4v) is 3.77. The summed E-state index contributed by atoms with van der Waals surface area (Å²) in [4.78, 5) is 7.15. The molecule has 5 nitrogen and oxygen atoms in total. The number of likely N-dealkylation sites (tertiary alicyclic amines) is 1. The van der Waals surface area contributed by atoms with Crippen LogP contribution in [0.1, 0.15) is 37.0 Å². The third-order valence-electron chi connectivity index (χ3n) is 5.32. The van der Waals surface area contributed by atoms with Crippen molar-refractivity contribution in [3.63, 3.8) is 0 Å². The molecule has 2 aromatic rings. The van der Waals surface area contributed by atoms with Gasteiger partial charge in [0, 0.05) is 37.3 Å². The maximum Gasteiger partial charge on any atom is 0.191 e. The third kappa shape index (κ3) is 6.02. The highest BCUT2D eigenvalue weighted by Gasteiger charge is 2.29. The summed E-state index contributed by atoms with van der Waals surface area (Å²) >= 11 is 0. The summed E-state index contributed by atoms with van der Waals surface area (Å²) in [6, 6.07) is 16.1. The van der Waals surface area contributed by atoms with E-state index in [1.165, 1.54) is 11.6 Å². The van der Waals surface area contributed by atoms with Crippen LogP contribution in [0.3, 0.4) is 0 Å². The minimum atomic E-state index is -0.385. The van der Waals surface area contributed by atoms with Crippen LogP contribution >= 0.6 is 0 Å². The van der Waals surface area contributed by atoms with Crippen LogP contribution in [0.5, 0.6) is 0 Å². The molecule has 0 aromatic heterocycles. The number of nitrogens with zero attached hydrogens (tertiary/aromatic N) is 2. The zero-order chi connectivity index (χ0) is 20.6. The van der Waals surface area contributed by atoms with Crippen molar-refractivity contribution in [2.45, 2.75) is 52.0 Å². The van der Waals surface area contributed by atoms with E-state index in [9.17, 15) is 9.50 Å². The number of hydrogen-bond acceptors (Lipinski definition) is 3. The van der Waals surface area contributed by atoms with E-state index < -0.39 is 0 Å². The average molecular weight is 399 g/mol. The number of halogens is 1. The fourth-order valence-electron chi connectivity index (χ4n) is 3.77. The zero-order valence-corrected chi connectivity index (χ0v) is 17.2. The van der Waals surface area contributed by atoms with Crippen LogP contribution in [0.25, 0.3) is 0 Å². The highest BCUT2D eigenvalue weighted by atomic mass is 19.1. The van der Waals surface area contributed by atoms with Gasteiger partial charge in [-0.3, -0.25) is 4.90 Å². The molecule has 0 bridgehead atoms. The Balaban J connectivity index is 1.60. The molecule has 0 spiro atoms. The Morgan fingerprint density at radius 1 is 1.21 bits per heavy atom. The van der Waals surface area contributed by atoms with Crippen LogP contribution in [0.2, 0.25) is 0 Å². The summed E-state index contributed by atoms with van der Waals surface area (Å²) in [6.45, 7) is 7.12. The molecular formula is C23H31FN4O. The molecule has 3 N–H and O–H groups in total. The van der Waals surface area contributed by atoms with Crippen molar-refractivity contribution in [3.05, 3.63) is 71.0 Å². The molecule has 3 rings (SSSR count). The van der Waals surface area contributed by atoms with Gasteiger partial charge in [-0.05, 0) is 43.5 Å². The molecule has 2 atom stereocenters. The average Bonchev–Trinajstić information content (AvgIpc) is 3.06. The lowest BCUT2D eigenvalue weighted by molar-refractivity contribution is 0.258. The van der Waals surface area contributed by atoms with E-state index in [0.717, 1.165) is 37.6 Å². The highest BCUT2D eigenvalue weighted by molar-refractivity contribution is 5.80. The van der Waals surface area contributed by atoms with E-state index in [-0.39, 0.29) is 12.4 Å². The van der Waals surface area contributed by atoms with Gasteiger partial charge in [-0.1, -0.05) is 36.4 Å². The number of benzene rings is 2. The van der Waals surface area contributed by atoms with Crippen LogP contribution in [0, 0.1) is 5.82 Å². The van der Waals surface area contributed by atoms with E-state index in [0.29, 0.717) is 24.2 Å². The van der Waals surface area contributed by atoms with E-state index >= 15 is 0 Å². The molecule has 156 valence electrons. The van der Waals surface area contributed by atoms with Crippen molar-refractivity contribution in [1.82, 2.24) is 15.5 Å². The normalized spacial score (nSPS) is 20.1. The number of aliphatic hydroxyl groups is 1. The van der Waals surface area contributed by atoms with E-state index in [1.54, 1.807) is 12.1 Å². The number of nitrogens with one attached hydrogen (secondary N) is 2. The van der Waals surface area contributed by atoms with Gasteiger partial charge in [0.25, 0.3) is 0 Å². The first kappa shape index (κ1) is 21.3. The summed E-state index contributed by atoms with van der Waals surface area (Å²) in [6.07, 6.45) is 1.06. The molecule has 1 saturated heterocycles. The van der Waals surface area contributed by atoms with Crippen LogP contribution in [0.15, 0.2) is 53.5 Å². The first-order chi connectivity index (χ1) is 14.1. The first-order valence-corrected chi connectivity index (χ1v) is 10.3. The summed E-state index contributed by atoms with van der Waals surface area (Å²) in [7, 11) is 0. The molecule has 0 saturated carbocycles. The quantitative estimate of drug-likeness (QED) is 0.496. The predicted molar refractivity (Wildman–Crippen MR) is 115 cm³/mol. The number of rotatable bonds is 7. The summed E-state index contributed by atoms with van der Waals surface area (Å²) in [5, 5.41) is 16.1. The van der Waals surface area contributed by atoms with E-state index in [4.69, 9.17) is 0 Å². The molecule has 1 heterocycles. The van der Waals surface area contributed by atoms with Gasteiger partial charge < -0.3 is 15.7 Å². The maximum atomic E-state index is 13.6. The van der Waals surface area contributed by atoms with Crippen molar-refractivity contribution in [2.75, 3.05) is 13.1 Å². The number of aliphatic imine (C=N–C) groups is 1. The van der Waals surface area contributed by atoms with Gasteiger partial charge >= 0.3 is 0 Å². The molecular weight excluding hydrogens is 367 g/mol. The second kappa shape index (κ2) is 10.4. The summed E-state index contributed by atoms with van der Waals surface area (Å²) < 4.78 is 13.6. The van der Waals surface area contributed by atoms with Crippen molar-refractivity contribution in [2.24, 2.45) is 4.99 Å². The minimum absolute atomic E-state index is 0.303. The van der Waals surface area contributed by atoms with Crippen molar-refractivity contribution >= 4 is 5.96 Å². The molecule has 0 amide bonds. The summed E-state index contributed by atoms with van der Waals surface area (Å²) in [5.41, 5.74) is 2.51. The SMILES string of the molecule is CCNC(=NCc1ccc(F)c(CO)c1)NC1CC(C)N(Cc2ccccc2)C1. The van der Waals surface area contributed by atoms with E-state index in [2.05, 4.69) is 51.7 Å². The minimum Gasteiger partial charge on any atom is -0.392 e. The van der Waals surface area contributed by atoms with Gasteiger partial charge in [0.15, 0.2) is 5.96 Å². The number of guanidine groups is 1. The Bertz CT molecular complexity index is 812. The standard InChI is InChI=1S/C23H31FN4O/c1-3-25-23(26-13-19-9-10-22(24)20(12-19)16-29)27-21-11-17(2)28(15-21)14-18-7-5-4-6-8-18/h4-10,12,17,21,29H,3,11,13-16H2,1-2H3,(H2,25,26,27). The van der Waals surface area contributed by atoms with Crippen molar-refractivity contribution in [1.29, 1.82) is 0 Å². The van der Waals surface area contributed by atoms with Crippen molar-refractivity contribution in [3.8, 4) is 0 Å². The third-order valence-corrected chi connectivity index (χ3v) is 5.32.